The second-order valence-electron chi connectivity index (χ2n) is 2.31. The molecule has 0 aliphatic carbocycles. The van der Waals surface area contributed by atoms with Gasteiger partial charge < -0.3 is 15.4 Å². The molecule has 72 valence electrons. The summed E-state index contributed by atoms with van der Waals surface area (Å²) in [4.78, 5) is 14.1. The SMILES string of the molecule is N[C@H](CSCc1ncon1)C(=O)O. The summed E-state index contributed by atoms with van der Waals surface area (Å²) in [6, 6.07) is -0.836. The molecule has 0 aromatic carbocycles. The third-order valence-electron chi connectivity index (χ3n) is 1.25. The number of carbonyl (C=O) groups is 1. The summed E-state index contributed by atoms with van der Waals surface area (Å²) in [5.41, 5.74) is 5.27. The lowest BCUT2D eigenvalue weighted by Gasteiger charge is -2.03. The Bertz CT molecular complexity index is 264. The van der Waals surface area contributed by atoms with Crippen molar-refractivity contribution in [2.24, 2.45) is 5.73 Å². The minimum atomic E-state index is -0.999. The predicted octanol–water partition coefficient (Wildman–Crippen LogP) is -0.285. The van der Waals surface area contributed by atoms with E-state index in [9.17, 15) is 4.79 Å². The molecule has 0 spiro atoms. The molecule has 0 saturated heterocycles. The van der Waals surface area contributed by atoms with E-state index in [-0.39, 0.29) is 0 Å². The first-order chi connectivity index (χ1) is 6.20. The van der Waals surface area contributed by atoms with E-state index in [2.05, 4.69) is 14.7 Å². The molecule has 0 radical (unpaired) electrons. The van der Waals surface area contributed by atoms with Crippen LogP contribution in [0.3, 0.4) is 0 Å². The van der Waals surface area contributed by atoms with Gasteiger partial charge in [0.2, 0.25) is 6.39 Å². The van der Waals surface area contributed by atoms with Crippen LogP contribution < -0.4 is 5.73 Å². The van der Waals surface area contributed by atoms with Crippen LogP contribution in [0.1, 0.15) is 5.82 Å². The lowest BCUT2D eigenvalue weighted by Crippen LogP contribution is -2.32. The normalized spacial score (nSPS) is 12.7. The van der Waals surface area contributed by atoms with E-state index in [0.717, 1.165) is 0 Å². The van der Waals surface area contributed by atoms with Gasteiger partial charge in [-0.3, -0.25) is 4.79 Å². The van der Waals surface area contributed by atoms with Gasteiger partial charge in [-0.05, 0) is 0 Å². The first kappa shape index (κ1) is 10.0. The summed E-state index contributed by atoms with van der Waals surface area (Å²) < 4.78 is 4.50. The van der Waals surface area contributed by atoms with Crippen molar-refractivity contribution in [1.82, 2.24) is 10.1 Å². The van der Waals surface area contributed by atoms with Crippen LogP contribution in [0.2, 0.25) is 0 Å². The Kier molecular flexibility index (Phi) is 3.71. The Hall–Kier alpha value is -1.08. The fraction of sp³-hybridized carbons (Fsp3) is 0.500. The highest BCUT2D eigenvalue weighted by atomic mass is 32.2. The van der Waals surface area contributed by atoms with Gasteiger partial charge in [-0.1, -0.05) is 5.16 Å². The van der Waals surface area contributed by atoms with E-state index in [4.69, 9.17) is 10.8 Å². The van der Waals surface area contributed by atoms with Crippen molar-refractivity contribution in [3.05, 3.63) is 12.2 Å². The molecule has 0 amide bonds. The first-order valence-corrected chi connectivity index (χ1v) is 4.67. The van der Waals surface area contributed by atoms with Gasteiger partial charge in [0.25, 0.3) is 0 Å². The highest BCUT2D eigenvalue weighted by molar-refractivity contribution is 7.98. The summed E-state index contributed by atoms with van der Waals surface area (Å²) in [5.74, 6) is 0.393. The Morgan fingerprint density at radius 3 is 3.15 bits per heavy atom. The molecule has 0 unspecified atom stereocenters. The lowest BCUT2D eigenvalue weighted by molar-refractivity contribution is -0.137. The van der Waals surface area contributed by atoms with Gasteiger partial charge in [-0.15, -0.1) is 0 Å². The van der Waals surface area contributed by atoms with Crippen LogP contribution in [0, 0.1) is 0 Å². The second-order valence-corrected chi connectivity index (χ2v) is 3.34. The van der Waals surface area contributed by atoms with Crippen molar-refractivity contribution in [3.8, 4) is 0 Å². The van der Waals surface area contributed by atoms with Crippen LogP contribution in [0.4, 0.5) is 0 Å². The summed E-state index contributed by atoms with van der Waals surface area (Å²) in [6.45, 7) is 0. The van der Waals surface area contributed by atoms with Gasteiger partial charge >= 0.3 is 5.97 Å². The van der Waals surface area contributed by atoms with Crippen molar-refractivity contribution in [3.63, 3.8) is 0 Å². The molecule has 1 aromatic rings. The number of rotatable bonds is 5. The number of nitrogens with two attached hydrogens (primary N) is 1. The zero-order chi connectivity index (χ0) is 9.68. The molecule has 0 aliphatic rings. The number of hydrogen-bond donors (Lipinski definition) is 2. The first-order valence-electron chi connectivity index (χ1n) is 3.51. The molecular formula is C6H9N3O3S. The van der Waals surface area contributed by atoms with E-state index in [1.165, 1.54) is 18.2 Å². The standard InChI is InChI=1S/C6H9N3O3S/c7-4(6(10)11)1-13-2-5-8-3-12-9-5/h3-4H,1-2,7H2,(H,10,11)/t4-/m1/s1. The quantitative estimate of drug-likeness (QED) is 0.678. The second kappa shape index (κ2) is 4.83. The minimum Gasteiger partial charge on any atom is -0.480 e. The fourth-order valence-corrected chi connectivity index (χ4v) is 1.43. The molecule has 0 aliphatic heterocycles. The molecule has 0 bridgehead atoms. The summed E-state index contributed by atoms with van der Waals surface area (Å²) in [7, 11) is 0. The van der Waals surface area contributed by atoms with Crippen molar-refractivity contribution < 1.29 is 14.4 Å². The van der Waals surface area contributed by atoms with E-state index >= 15 is 0 Å². The molecule has 0 fully saturated rings. The van der Waals surface area contributed by atoms with Gasteiger partial charge in [0.1, 0.15) is 6.04 Å². The third kappa shape index (κ3) is 3.43. The van der Waals surface area contributed by atoms with Crippen LogP contribution in [-0.2, 0) is 10.5 Å². The molecule has 1 heterocycles. The van der Waals surface area contributed by atoms with Crippen LogP contribution >= 0.6 is 11.8 Å². The van der Waals surface area contributed by atoms with Crippen LogP contribution in [0.25, 0.3) is 0 Å². The van der Waals surface area contributed by atoms with E-state index in [1.54, 1.807) is 0 Å². The number of aliphatic carboxylic acids is 1. The zero-order valence-electron chi connectivity index (χ0n) is 6.71. The lowest BCUT2D eigenvalue weighted by atomic mass is 10.4. The number of nitrogens with zero attached hydrogens (tertiary/aromatic N) is 2. The van der Waals surface area contributed by atoms with Gasteiger partial charge in [-0.2, -0.15) is 16.7 Å². The maximum absolute atomic E-state index is 10.3. The Morgan fingerprint density at radius 2 is 2.62 bits per heavy atom. The van der Waals surface area contributed by atoms with Crippen LogP contribution in [-0.4, -0.2) is 33.0 Å². The molecule has 1 aromatic heterocycles. The number of carboxylic acid groups (broad SMARTS) is 1. The molecule has 6 nitrogen and oxygen atoms in total. The monoisotopic (exact) mass is 203 g/mol. The predicted molar refractivity (Wildman–Crippen MR) is 46.1 cm³/mol. The molecule has 1 rings (SSSR count). The average molecular weight is 203 g/mol. The molecule has 13 heavy (non-hydrogen) atoms. The summed E-state index contributed by atoms with van der Waals surface area (Å²) >= 11 is 1.36. The largest absolute Gasteiger partial charge is 0.480 e. The van der Waals surface area contributed by atoms with Crippen molar-refractivity contribution in [1.29, 1.82) is 0 Å². The van der Waals surface area contributed by atoms with Gasteiger partial charge in [0.15, 0.2) is 5.82 Å². The smallest absolute Gasteiger partial charge is 0.321 e. The van der Waals surface area contributed by atoms with Crippen LogP contribution in [0.15, 0.2) is 10.9 Å². The Balaban J connectivity index is 2.18. The highest BCUT2D eigenvalue weighted by Gasteiger charge is 2.11. The van der Waals surface area contributed by atoms with E-state index in [0.29, 0.717) is 17.3 Å². The van der Waals surface area contributed by atoms with Gasteiger partial charge in [0, 0.05) is 5.75 Å². The maximum atomic E-state index is 10.3. The number of hydrogen-bond acceptors (Lipinski definition) is 6. The van der Waals surface area contributed by atoms with Crippen LogP contribution in [0.5, 0.6) is 0 Å². The van der Waals surface area contributed by atoms with Gasteiger partial charge in [-0.25, -0.2) is 0 Å². The Morgan fingerprint density at radius 1 is 1.85 bits per heavy atom. The third-order valence-corrected chi connectivity index (χ3v) is 2.31. The molecule has 1 atom stereocenters. The maximum Gasteiger partial charge on any atom is 0.321 e. The number of carboxylic acids is 1. The molecular weight excluding hydrogens is 194 g/mol. The van der Waals surface area contributed by atoms with Crippen molar-refractivity contribution in [2.45, 2.75) is 11.8 Å². The average Bonchev–Trinajstić information content (AvgIpc) is 2.56. The van der Waals surface area contributed by atoms with Gasteiger partial charge in [0.05, 0.1) is 5.75 Å². The number of thioether (sulfide) groups is 1. The highest BCUT2D eigenvalue weighted by Crippen LogP contribution is 2.08. The van der Waals surface area contributed by atoms with Crippen molar-refractivity contribution in [2.75, 3.05) is 5.75 Å². The molecule has 0 saturated carbocycles. The Labute approximate surface area is 78.5 Å². The molecule has 7 heteroatoms. The van der Waals surface area contributed by atoms with Crippen molar-refractivity contribution >= 4 is 17.7 Å². The molecule has 3 N–H and O–H groups in total. The minimum absolute atomic E-state index is 0.337. The summed E-state index contributed by atoms with van der Waals surface area (Å²) in [5, 5.41) is 12.0. The topological polar surface area (TPSA) is 102 Å². The summed E-state index contributed by atoms with van der Waals surface area (Å²) in [6.07, 6.45) is 1.23. The van der Waals surface area contributed by atoms with E-state index < -0.39 is 12.0 Å². The number of aromatic nitrogens is 2. The zero-order valence-corrected chi connectivity index (χ0v) is 7.53. The van der Waals surface area contributed by atoms with E-state index in [1.807, 2.05) is 0 Å². The fourth-order valence-electron chi connectivity index (χ4n) is 0.604.